The van der Waals surface area contributed by atoms with E-state index in [9.17, 15) is 9.59 Å². The predicted molar refractivity (Wildman–Crippen MR) is 98.6 cm³/mol. The van der Waals surface area contributed by atoms with Crippen molar-refractivity contribution in [2.24, 2.45) is 0 Å². The van der Waals surface area contributed by atoms with Crippen LogP contribution >= 0.6 is 0 Å². The highest BCUT2D eigenvalue weighted by Crippen LogP contribution is 2.19. The molecule has 0 fully saturated rings. The summed E-state index contributed by atoms with van der Waals surface area (Å²) in [5.74, 6) is 1.16. The number of ketones is 1. The molecule has 5 nitrogen and oxygen atoms in total. The van der Waals surface area contributed by atoms with Crippen molar-refractivity contribution in [1.29, 1.82) is 0 Å². The predicted octanol–water partition coefficient (Wildman–Crippen LogP) is 4.62. The summed E-state index contributed by atoms with van der Waals surface area (Å²) in [7, 11) is 0. The van der Waals surface area contributed by atoms with E-state index >= 15 is 0 Å². The third kappa shape index (κ3) is 4.19. The smallest absolute Gasteiger partial charge is 0.291 e. The van der Waals surface area contributed by atoms with Gasteiger partial charge in [-0.3, -0.25) is 9.59 Å². The van der Waals surface area contributed by atoms with Crippen LogP contribution in [0.3, 0.4) is 0 Å². The highest BCUT2D eigenvalue weighted by molar-refractivity contribution is 6.02. The summed E-state index contributed by atoms with van der Waals surface area (Å²) < 4.78 is 11.3. The molecule has 3 rings (SSSR count). The Balaban J connectivity index is 1.60. The summed E-state index contributed by atoms with van der Waals surface area (Å²) in [6.45, 7) is 3.70. The summed E-state index contributed by atoms with van der Waals surface area (Å²) in [5, 5.41) is 2.74. The molecule has 0 saturated carbocycles. The molecule has 0 saturated heterocycles. The molecule has 5 heteroatoms. The van der Waals surface area contributed by atoms with Crippen LogP contribution < -0.4 is 10.1 Å². The Hall–Kier alpha value is -3.34. The molecule has 1 aromatic heterocycles. The van der Waals surface area contributed by atoms with E-state index in [0.29, 0.717) is 17.0 Å². The number of rotatable bonds is 6. The molecule has 0 radical (unpaired) electrons. The number of carbonyl (C=O) groups is 2. The van der Waals surface area contributed by atoms with E-state index in [0.717, 1.165) is 11.3 Å². The van der Waals surface area contributed by atoms with E-state index in [2.05, 4.69) is 5.32 Å². The van der Waals surface area contributed by atoms with Gasteiger partial charge in [-0.15, -0.1) is 0 Å². The molecule has 132 valence electrons. The number of hydrogen-bond acceptors (Lipinski definition) is 4. The van der Waals surface area contributed by atoms with E-state index in [1.165, 1.54) is 6.92 Å². The number of anilines is 1. The third-order valence-corrected chi connectivity index (χ3v) is 3.90. The molecule has 0 aliphatic carbocycles. The molecule has 2 aromatic carbocycles. The molecule has 0 spiro atoms. The van der Waals surface area contributed by atoms with Gasteiger partial charge in [-0.1, -0.05) is 18.2 Å². The first-order valence-electron chi connectivity index (χ1n) is 8.22. The normalized spacial score (nSPS) is 10.4. The number of furan rings is 1. The van der Waals surface area contributed by atoms with E-state index in [-0.39, 0.29) is 24.1 Å². The number of nitrogens with one attached hydrogen (secondary N) is 1. The molecule has 1 N–H and O–H groups in total. The highest BCUT2D eigenvalue weighted by atomic mass is 16.5. The molecule has 3 aromatic rings. The first-order chi connectivity index (χ1) is 12.5. The van der Waals surface area contributed by atoms with Gasteiger partial charge in [0.25, 0.3) is 5.91 Å². The van der Waals surface area contributed by atoms with Crippen LogP contribution in [-0.4, -0.2) is 11.7 Å². The number of amides is 1. The van der Waals surface area contributed by atoms with E-state index in [4.69, 9.17) is 9.15 Å². The zero-order chi connectivity index (χ0) is 18.5. The zero-order valence-corrected chi connectivity index (χ0v) is 14.6. The van der Waals surface area contributed by atoms with Gasteiger partial charge in [0.05, 0.1) is 0 Å². The summed E-state index contributed by atoms with van der Waals surface area (Å²) in [5.41, 5.74) is 2.22. The molecule has 0 unspecified atom stereocenters. The average Bonchev–Trinajstić information content (AvgIpc) is 3.11. The molecule has 0 aliphatic heterocycles. The highest BCUT2D eigenvalue weighted by Gasteiger charge is 2.12. The average molecular weight is 349 g/mol. The lowest BCUT2D eigenvalue weighted by Gasteiger charge is -2.07. The molecular formula is C21H19NO4. The second kappa shape index (κ2) is 7.70. The quantitative estimate of drug-likeness (QED) is 0.659. The van der Waals surface area contributed by atoms with Gasteiger partial charge < -0.3 is 14.5 Å². The van der Waals surface area contributed by atoms with Crippen LogP contribution in [0.2, 0.25) is 0 Å². The van der Waals surface area contributed by atoms with Crippen LogP contribution in [0, 0.1) is 6.92 Å². The summed E-state index contributed by atoms with van der Waals surface area (Å²) in [4.78, 5) is 23.5. The monoisotopic (exact) mass is 349 g/mol. The number of carbonyl (C=O) groups excluding carboxylic acids is 2. The molecule has 0 atom stereocenters. The minimum Gasteiger partial charge on any atom is -0.485 e. The van der Waals surface area contributed by atoms with Crippen molar-refractivity contribution in [2.45, 2.75) is 20.5 Å². The van der Waals surface area contributed by atoms with Gasteiger partial charge in [0.1, 0.15) is 18.1 Å². The first-order valence-corrected chi connectivity index (χ1v) is 8.22. The lowest BCUT2D eigenvalue weighted by Crippen LogP contribution is -2.11. The number of Topliss-reactive ketones (excluding diaryl/α,β-unsaturated/α-hetero) is 1. The number of aryl methyl sites for hydroxylation is 1. The van der Waals surface area contributed by atoms with E-state index < -0.39 is 0 Å². The molecule has 26 heavy (non-hydrogen) atoms. The van der Waals surface area contributed by atoms with Crippen molar-refractivity contribution < 1.29 is 18.7 Å². The van der Waals surface area contributed by atoms with Crippen LogP contribution in [0.5, 0.6) is 5.75 Å². The van der Waals surface area contributed by atoms with Crippen molar-refractivity contribution in [3.05, 3.63) is 83.3 Å². The van der Waals surface area contributed by atoms with Gasteiger partial charge in [-0.25, -0.2) is 0 Å². The van der Waals surface area contributed by atoms with Crippen LogP contribution in [0.25, 0.3) is 0 Å². The van der Waals surface area contributed by atoms with Crippen molar-refractivity contribution in [3.8, 4) is 5.75 Å². The lowest BCUT2D eigenvalue weighted by molar-refractivity contribution is 0.0990. The van der Waals surface area contributed by atoms with Gasteiger partial charge in [0.2, 0.25) is 0 Å². The molecule has 1 amide bonds. The second-order valence-corrected chi connectivity index (χ2v) is 5.91. The minimum absolute atomic E-state index is 0.0211. The number of ether oxygens (including phenoxy) is 1. The SMILES string of the molecule is CC(=O)c1ccc(NC(=O)c2ccc(COc3ccccc3C)o2)cc1. The molecule has 0 bridgehead atoms. The first kappa shape index (κ1) is 17.5. The van der Waals surface area contributed by atoms with E-state index in [1.54, 1.807) is 36.4 Å². The van der Waals surface area contributed by atoms with Crippen molar-refractivity contribution >= 4 is 17.4 Å². The Kier molecular flexibility index (Phi) is 5.17. The van der Waals surface area contributed by atoms with Gasteiger partial charge in [0, 0.05) is 11.3 Å². The zero-order valence-electron chi connectivity index (χ0n) is 14.6. The maximum absolute atomic E-state index is 12.3. The molecule has 0 aliphatic rings. The fourth-order valence-corrected chi connectivity index (χ4v) is 2.43. The maximum Gasteiger partial charge on any atom is 0.291 e. The van der Waals surface area contributed by atoms with E-state index in [1.807, 2.05) is 31.2 Å². The molecular weight excluding hydrogens is 330 g/mol. The van der Waals surface area contributed by atoms with Crippen LogP contribution in [0.1, 0.15) is 39.2 Å². The van der Waals surface area contributed by atoms with Crippen LogP contribution in [0.15, 0.2) is 65.1 Å². The van der Waals surface area contributed by atoms with Gasteiger partial charge in [-0.2, -0.15) is 0 Å². The fourth-order valence-electron chi connectivity index (χ4n) is 2.43. The third-order valence-electron chi connectivity index (χ3n) is 3.90. The van der Waals surface area contributed by atoms with Gasteiger partial charge in [0.15, 0.2) is 11.5 Å². The largest absolute Gasteiger partial charge is 0.485 e. The Bertz CT molecular complexity index is 925. The number of benzene rings is 2. The summed E-state index contributed by atoms with van der Waals surface area (Å²) in [6.07, 6.45) is 0. The van der Waals surface area contributed by atoms with Crippen molar-refractivity contribution in [2.75, 3.05) is 5.32 Å². The number of hydrogen-bond donors (Lipinski definition) is 1. The Labute approximate surface area is 151 Å². The Morgan fingerprint density at radius 3 is 2.42 bits per heavy atom. The lowest BCUT2D eigenvalue weighted by atomic mass is 10.1. The van der Waals surface area contributed by atoms with Crippen molar-refractivity contribution in [1.82, 2.24) is 0 Å². The van der Waals surface area contributed by atoms with Crippen LogP contribution in [0.4, 0.5) is 5.69 Å². The summed E-state index contributed by atoms with van der Waals surface area (Å²) in [6, 6.07) is 17.7. The molecule has 1 heterocycles. The van der Waals surface area contributed by atoms with Gasteiger partial charge >= 0.3 is 0 Å². The maximum atomic E-state index is 12.3. The standard InChI is InChI=1S/C21H19NO4/c1-14-5-3-4-6-19(14)25-13-18-11-12-20(26-18)21(24)22-17-9-7-16(8-10-17)15(2)23/h3-12H,13H2,1-2H3,(H,22,24). The van der Waals surface area contributed by atoms with Crippen molar-refractivity contribution in [3.63, 3.8) is 0 Å². The number of para-hydroxylation sites is 1. The summed E-state index contributed by atoms with van der Waals surface area (Å²) >= 11 is 0. The Morgan fingerprint density at radius 2 is 1.73 bits per heavy atom. The van der Waals surface area contributed by atoms with Crippen LogP contribution in [-0.2, 0) is 6.61 Å². The second-order valence-electron chi connectivity index (χ2n) is 5.91. The van der Waals surface area contributed by atoms with Gasteiger partial charge in [-0.05, 0) is 61.9 Å². The topological polar surface area (TPSA) is 68.5 Å². The fraction of sp³-hybridized carbons (Fsp3) is 0.143. The Morgan fingerprint density at radius 1 is 1.00 bits per heavy atom. The minimum atomic E-state index is -0.359.